The Hall–Kier alpha value is -2.27. The summed E-state index contributed by atoms with van der Waals surface area (Å²) in [5.74, 6) is -0.770. The van der Waals surface area contributed by atoms with Crippen LogP contribution < -0.4 is 4.74 Å². The van der Waals surface area contributed by atoms with Gasteiger partial charge < -0.3 is 19.7 Å². The molecule has 2 atom stereocenters. The number of hydrogen-bond acceptors (Lipinski definition) is 4. The number of ether oxygens (including phenoxy) is 2. The van der Waals surface area contributed by atoms with Crippen molar-refractivity contribution in [1.82, 2.24) is 0 Å². The van der Waals surface area contributed by atoms with Crippen molar-refractivity contribution >= 4 is 5.97 Å². The zero-order valence-electron chi connectivity index (χ0n) is 19.5. The van der Waals surface area contributed by atoms with Gasteiger partial charge >= 0.3 is 5.97 Å². The Morgan fingerprint density at radius 3 is 2.61 bits per heavy atom. The van der Waals surface area contributed by atoms with Crippen LogP contribution >= 0.6 is 0 Å². The summed E-state index contributed by atoms with van der Waals surface area (Å²) in [5, 5.41) is 21.2. The van der Waals surface area contributed by atoms with Crippen molar-refractivity contribution in [2.45, 2.75) is 72.1 Å². The molecule has 2 rings (SSSR count). The van der Waals surface area contributed by atoms with Crippen molar-refractivity contribution in [3.05, 3.63) is 46.6 Å². The Kier molecular flexibility index (Phi) is 9.63. The van der Waals surface area contributed by atoms with E-state index in [4.69, 9.17) is 9.47 Å². The van der Waals surface area contributed by atoms with Crippen LogP contribution in [0.1, 0.15) is 87.2 Å². The third-order valence-corrected chi connectivity index (χ3v) is 6.05. The van der Waals surface area contributed by atoms with Gasteiger partial charge in [0.25, 0.3) is 0 Å². The van der Waals surface area contributed by atoms with Crippen LogP contribution in [0.4, 0.5) is 0 Å². The summed E-state index contributed by atoms with van der Waals surface area (Å²) in [6.45, 7) is 13.6. The molecular weight excluding hydrogens is 392 g/mol. The number of aromatic hydroxyl groups is 1. The van der Waals surface area contributed by atoms with Crippen molar-refractivity contribution in [1.29, 1.82) is 0 Å². The molecule has 172 valence electrons. The molecule has 0 saturated carbocycles. The lowest BCUT2D eigenvalue weighted by Gasteiger charge is -2.32. The van der Waals surface area contributed by atoms with Crippen LogP contribution in [0, 0.1) is 5.92 Å². The maximum Gasteiger partial charge on any atom is 0.339 e. The Balaban J connectivity index is 2.61. The topological polar surface area (TPSA) is 76.0 Å². The Bertz CT molecular complexity index is 809. The average Bonchev–Trinajstić information content (AvgIpc) is 2.70. The molecule has 31 heavy (non-hydrogen) atoms. The van der Waals surface area contributed by atoms with Gasteiger partial charge in [-0.25, -0.2) is 4.79 Å². The van der Waals surface area contributed by atoms with Crippen molar-refractivity contribution < 1.29 is 24.5 Å². The Morgan fingerprint density at radius 2 is 2.00 bits per heavy atom. The molecule has 0 spiro atoms. The molecule has 0 aromatic heterocycles. The lowest BCUT2D eigenvalue weighted by Crippen LogP contribution is -2.20. The number of aromatic carboxylic acids is 1. The molecule has 5 nitrogen and oxygen atoms in total. The van der Waals surface area contributed by atoms with Crippen molar-refractivity contribution in [2.75, 3.05) is 19.8 Å². The molecule has 0 aliphatic heterocycles. The summed E-state index contributed by atoms with van der Waals surface area (Å²) in [6, 6.07) is 1.83. The molecule has 0 heterocycles. The molecule has 0 fully saturated rings. The maximum absolute atomic E-state index is 12.1. The van der Waals surface area contributed by atoms with E-state index in [2.05, 4.69) is 26.5 Å². The summed E-state index contributed by atoms with van der Waals surface area (Å²) in [7, 11) is 0. The number of unbranched alkanes of at least 4 members (excludes halogenated alkanes) is 2. The number of rotatable bonds is 12. The third-order valence-electron chi connectivity index (χ3n) is 6.05. The lowest BCUT2D eigenvalue weighted by molar-refractivity contribution is 0.0691. The molecule has 1 aromatic carbocycles. The monoisotopic (exact) mass is 430 g/mol. The highest BCUT2D eigenvalue weighted by Crippen LogP contribution is 2.48. The first-order chi connectivity index (χ1) is 14.8. The van der Waals surface area contributed by atoms with E-state index in [1.54, 1.807) is 0 Å². The predicted octanol–water partition coefficient (Wildman–Crippen LogP) is 6.25. The van der Waals surface area contributed by atoms with Crippen molar-refractivity contribution in [3.8, 4) is 11.5 Å². The van der Waals surface area contributed by atoms with E-state index >= 15 is 0 Å². The summed E-state index contributed by atoms with van der Waals surface area (Å²) >= 11 is 0. The first-order valence-electron chi connectivity index (χ1n) is 11.5. The fraction of sp³-hybridized carbons (Fsp3) is 0.577. The van der Waals surface area contributed by atoms with Gasteiger partial charge in [0.05, 0.1) is 6.61 Å². The van der Waals surface area contributed by atoms with E-state index in [0.717, 1.165) is 37.7 Å². The van der Waals surface area contributed by atoms with Gasteiger partial charge in [-0.05, 0) is 64.0 Å². The molecule has 1 aliphatic rings. The quantitative estimate of drug-likeness (QED) is 0.303. The van der Waals surface area contributed by atoms with Gasteiger partial charge in [0.2, 0.25) is 0 Å². The van der Waals surface area contributed by atoms with Crippen LogP contribution in [-0.2, 0) is 11.2 Å². The van der Waals surface area contributed by atoms with Gasteiger partial charge in [0.1, 0.15) is 23.7 Å². The SMILES string of the molecule is C=C(C)C1CCC(C)=CC1c1c(OCCOCC)cc(CCCCC)c(C(=O)O)c1O. The highest BCUT2D eigenvalue weighted by atomic mass is 16.5. The maximum atomic E-state index is 12.1. The van der Waals surface area contributed by atoms with Crippen LogP contribution in [0.25, 0.3) is 0 Å². The lowest BCUT2D eigenvalue weighted by atomic mass is 9.73. The van der Waals surface area contributed by atoms with Gasteiger partial charge in [-0.15, -0.1) is 0 Å². The summed E-state index contributed by atoms with van der Waals surface area (Å²) < 4.78 is 11.5. The molecule has 1 aliphatic carbocycles. The molecule has 0 saturated heterocycles. The fourth-order valence-electron chi connectivity index (χ4n) is 4.42. The highest BCUT2D eigenvalue weighted by molar-refractivity contribution is 5.94. The van der Waals surface area contributed by atoms with Crippen molar-refractivity contribution in [3.63, 3.8) is 0 Å². The van der Waals surface area contributed by atoms with E-state index < -0.39 is 5.97 Å². The molecular formula is C26H38O5. The first-order valence-corrected chi connectivity index (χ1v) is 11.5. The molecule has 5 heteroatoms. The zero-order chi connectivity index (χ0) is 23.0. The normalized spacial score (nSPS) is 18.5. The molecule has 2 N–H and O–H groups in total. The number of phenols is 1. The minimum atomic E-state index is -1.10. The third kappa shape index (κ3) is 6.36. The molecule has 1 aromatic rings. The second kappa shape index (κ2) is 11.9. The van der Waals surface area contributed by atoms with Gasteiger partial charge in [-0.3, -0.25) is 0 Å². The van der Waals surface area contributed by atoms with E-state index in [1.807, 2.05) is 19.9 Å². The minimum absolute atomic E-state index is 0.000327. The zero-order valence-corrected chi connectivity index (χ0v) is 19.5. The molecule has 0 radical (unpaired) electrons. The first kappa shape index (κ1) is 25.0. The summed E-state index contributed by atoms with van der Waals surface area (Å²) in [5.41, 5.74) is 3.43. The second-order valence-corrected chi connectivity index (χ2v) is 8.51. The summed E-state index contributed by atoms with van der Waals surface area (Å²) in [4.78, 5) is 12.1. The highest BCUT2D eigenvalue weighted by Gasteiger charge is 2.33. The standard InChI is InChI=1S/C26H38O5/c1-6-8-9-10-19-16-22(31-14-13-30-7-2)24(25(27)23(19)26(28)29)21-15-18(5)11-12-20(21)17(3)4/h15-16,20-21,27H,3,6-14H2,1-2,4-5H3,(H,28,29). The van der Waals surface area contributed by atoms with Gasteiger partial charge in [-0.1, -0.05) is 43.6 Å². The molecule has 2 unspecified atom stereocenters. The minimum Gasteiger partial charge on any atom is -0.507 e. The Morgan fingerprint density at radius 1 is 1.26 bits per heavy atom. The number of carbonyl (C=O) groups is 1. The van der Waals surface area contributed by atoms with Crippen LogP contribution in [0.2, 0.25) is 0 Å². The van der Waals surface area contributed by atoms with Crippen molar-refractivity contribution in [2.24, 2.45) is 5.92 Å². The number of aryl methyl sites for hydroxylation is 1. The van der Waals surface area contributed by atoms with Gasteiger partial charge in [0.15, 0.2) is 0 Å². The number of carboxylic acids is 1. The Labute approximate surface area is 186 Å². The van der Waals surface area contributed by atoms with Gasteiger partial charge in [-0.2, -0.15) is 0 Å². The number of benzene rings is 1. The van der Waals surface area contributed by atoms with E-state index in [-0.39, 0.29) is 23.1 Å². The van der Waals surface area contributed by atoms with E-state index in [1.165, 1.54) is 5.57 Å². The van der Waals surface area contributed by atoms with Crippen LogP contribution in [0.3, 0.4) is 0 Å². The number of allylic oxidation sites excluding steroid dienone is 3. The predicted molar refractivity (Wildman–Crippen MR) is 124 cm³/mol. The number of hydrogen-bond donors (Lipinski definition) is 2. The van der Waals surface area contributed by atoms with E-state index in [0.29, 0.717) is 43.1 Å². The smallest absolute Gasteiger partial charge is 0.339 e. The fourth-order valence-corrected chi connectivity index (χ4v) is 4.42. The van der Waals surface area contributed by atoms with E-state index in [9.17, 15) is 15.0 Å². The second-order valence-electron chi connectivity index (χ2n) is 8.51. The van der Waals surface area contributed by atoms with Gasteiger partial charge in [0, 0.05) is 18.1 Å². The van der Waals surface area contributed by atoms with Crippen LogP contribution in [-0.4, -0.2) is 36.0 Å². The molecule has 0 bridgehead atoms. The van der Waals surface area contributed by atoms with Crippen LogP contribution in [0.5, 0.6) is 11.5 Å². The average molecular weight is 431 g/mol. The number of carboxylic acid groups (broad SMARTS) is 1. The largest absolute Gasteiger partial charge is 0.507 e. The van der Waals surface area contributed by atoms with Crippen LogP contribution in [0.15, 0.2) is 29.9 Å². The summed E-state index contributed by atoms with van der Waals surface area (Å²) in [6.07, 6.45) is 7.52. The molecule has 0 amide bonds.